The second-order valence-electron chi connectivity index (χ2n) is 5.38. The molecule has 2 fully saturated rings. The molecular formula is C12H24N2. The molecule has 0 aromatic heterocycles. The molecule has 2 aliphatic heterocycles. The van der Waals surface area contributed by atoms with Crippen LogP contribution in [0.25, 0.3) is 0 Å². The highest BCUT2D eigenvalue weighted by atomic mass is 15.1. The van der Waals surface area contributed by atoms with Crippen LogP contribution in [0.4, 0.5) is 0 Å². The Morgan fingerprint density at radius 2 is 1.86 bits per heavy atom. The summed E-state index contributed by atoms with van der Waals surface area (Å²) in [6.45, 7) is 11.3. The summed E-state index contributed by atoms with van der Waals surface area (Å²) in [5.41, 5.74) is 0. The molecule has 2 atom stereocenters. The van der Waals surface area contributed by atoms with E-state index in [2.05, 4.69) is 24.1 Å². The molecule has 2 heteroatoms. The minimum Gasteiger partial charge on any atom is -0.316 e. The topological polar surface area (TPSA) is 15.3 Å². The van der Waals surface area contributed by atoms with Crippen LogP contribution in [-0.2, 0) is 0 Å². The van der Waals surface area contributed by atoms with Crippen LogP contribution < -0.4 is 5.32 Å². The van der Waals surface area contributed by atoms with Crippen molar-refractivity contribution in [3.63, 3.8) is 0 Å². The predicted molar refractivity (Wildman–Crippen MR) is 60.4 cm³/mol. The van der Waals surface area contributed by atoms with Crippen molar-refractivity contribution in [3.05, 3.63) is 0 Å². The number of rotatable bonds is 2. The summed E-state index contributed by atoms with van der Waals surface area (Å²) < 4.78 is 0. The Morgan fingerprint density at radius 3 is 2.43 bits per heavy atom. The van der Waals surface area contributed by atoms with Crippen molar-refractivity contribution in [1.82, 2.24) is 10.2 Å². The van der Waals surface area contributed by atoms with Crippen molar-refractivity contribution in [2.24, 2.45) is 17.8 Å². The number of likely N-dealkylation sites (tertiary alicyclic amines) is 1. The maximum atomic E-state index is 3.49. The van der Waals surface area contributed by atoms with E-state index in [1.165, 1.54) is 45.6 Å². The fraction of sp³-hybridized carbons (Fsp3) is 1.00. The molecular weight excluding hydrogens is 172 g/mol. The van der Waals surface area contributed by atoms with Crippen molar-refractivity contribution >= 4 is 0 Å². The fourth-order valence-electron chi connectivity index (χ4n) is 2.69. The lowest BCUT2D eigenvalue weighted by atomic mass is 9.94. The molecule has 0 amide bonds. The molecule has 0 aromatic rings. The molecule has 0 saturated carbocycles. The van der Waals surface area contributed by atoms with Crippen LogP contribution in [0.3, 0.4) is 0 Å². The normalized spacial score (nSPS) is 36.4. The summed E-state index contributed by atoms with van der Waals surface area (Å²) in [6.07, 6.45) is 2.82. The fourth-order valence-corrected chi connectivity index (χ4v) is 2.69. The average Bonchev–Trinajstić information content (AvgIpc) is 2.56. The Hall–Kier alpha value is -0.0800. The van der Waals surface area contributed by atoms with Gasteiger partial charge in [0, 0.05) is 6.54 Å². The van der Waals surface area contributed by atoms with Crippen LogP contribution in [-0.4, -0.2) is 37.6 Å². The summed E-state index contributed by atoms with van der Waals surface area (Å²) >= 11 is 0. The first-order chi connectivity index (χ1) is 6.75. The zero-order valence-electron chi connectivity index (χ0n) is 9.63. The third-order valence-electron chi connectivity index (χ3n) is 4.05. The molecule has 2 aliphatic rings. The minimum atomic E-state index is 0.884. The standard InChI is InChI=1S/C12H24N2/c1-10-3-5-14(6-4-10)9-12-8-13-7-11(12)2/h10-13H,3-9H2,1-2H3/t11-,12+/m1/s1. The van der Waals surface area contributed by atoms with Gasteiger partial charge in [-0.2, -0.15) is 0 Å². The van der Waals surface area contributed by atoms with Gasteiger partial charge in [-0.3, -0.25) is 0 Å². The van der Waals surface area contributed by atoms with E-state index in [9.17, 15) is 0 Å². The molecule has 1 N–H and O–H groups in total. The van der Waals surface area contributed by atoms with Crippen molar-refractivity contribution in [2.75, 3.05) is 32.7 Å². The van der Waals surface area contributed by atoms with E-state index >= 15 is 0 Å². The molecule has 2 saturated heterocycles. The van der Waals surface area contributed by atoms with Gasteiger partial charge in [-0.1, -0.05) is 13.8 Å². The van der Waals surface area contributed by atoms with Gasteiger partial charge in [0.2, 0.25) is 0 Å². The summed E-state index contributed by atoms with van der Waals surface area (Å²) in [5, 5.41) is 3.49. The number of hydrogen-bond acceptors (Lipinski definition) is 2. The molecule has 2 heterocycles. The first kappa shape index (κ1) is 10.4. The van der Waals surface area contributed by atoms with E-state index in [0.29, 0.717) is 0 Å². The molecule has 0 unspecified atom stereocenters. The molecule has 14 heavy (non-hydrogen) atoms. The van der Waals surface area contributed by atoms with E-state index in [-0.39, 0.29) is 0 Å². The number of piperidine rings is 1. The SMILES string of the molecule is CC1CCN(C[C@@H]2CNC[C@H]2C)CC1. The Kier molecular flexibility index (Phi) is 3.45. The Bertz CT molecular complexity index is 173. The minimum absolute atomic E-state index is 0.884. The van der Waals surface area contributed by atoms with Gasteiger partial charge in [0.1, 0.15) is 0 Å². The van der Waals surface area contributed by atoms with Gasteiger partial charge in [0.05, 0.1) is 0 Å². The molecule has 0 aromatic carbocycles. The van der Waals surface area contributed by atoms with Gasteiger partial charge in [0.15, 0.2) is 0 Å². The van der Waals surface area contributed by atoms with Crippen LogP contribution in [0.1, 0.15) is 26.7 Å². The third kappa shape index (κ3) is 2.48. The molecule has 82 valence electrons. The monoisotopic (exact) mass is 196 g/mol. The lowest BCUT2D eigenvalue weighted by molar-refractivity contribution is 0.160. The van der Waals surface area contributed by atoms with Gasteiger partial charge < -0.3 is 10.2 Å². The quantitative estimate of drug-likeness (QED) is 0.721. The molecule has 0 aliphatic carbocycles. The third-order valence-corrected chi connectivity index (χ3v) is 4.05. The average molecular weight is 196 g/mol. The highest BCUT2D eigenvalue weighted by Gasteiger charge is 2.26. The van der Waals surface area contributed by atoms with E-state index in [4.69, 9.17) is 0 Å². The molecule has 0 radical (unpaired) electrons. The Labute approximate surface area is 88.1 Å². The Balaban J connectivity index is 1.74. The highest BCUT2D eigenvalue weighted by Crippen LogP contribution is 2.21. The second-order valence-corrected chi connectivity index (χ2v) is 5.38. The van der Waals surface area contributed by atoms with E-state index in [0.717, 1.165) is 17.8 Å². The molecule has 2 rings (SSSR count). The van der Waals surface area contributed by atoms with Gasteiger partial charge in [-0.15, -0.1) is 0 Å². The maximum absolute atomic E-state index is 3.49. The maximum Gasteiger partial charge on any atom is 0.00248 e. The number of nitrogens with one attached hydrogen (secondary N) is 1. The van der Waals surface area contributed by atoms with E-state index in [1.807, 2.05) is 0 Å². The van der Waals surface area contributed by atoms with Gasteiger partial charge in [-0.05, 0) is 56.8 Å². The summed E-state index contributed by atoms with van der Waals surface area (Å²) in [5.74, 6) is 2.75. The van der Waals surface area contributed by atoms with Crippen LogP contribution in [0, 0.1) is 17.8 Å². The molecule has 0 spiro atoms. The number of nitrogens with zero attached hydrogens (tertiary/aromatic N) is 1. The molecule has 0 bridgehead atoms. The van der Waals surface area contributed by atoms with E-state index < -0.39 is 0 Å². The lowest BCUT2D eigenvalue weighted by Crippen LogP contribution is -2.38. The van der Waals surface area contributed by atoms with Gasteiger partial charge >= 0.3 is 0 Å². The largest absolute Gasteiger partial charge is 0.316 e. The van der Waals surface area contributed by atoms with E-state index in [1.54, 1.807) is 0 Å². The highest BCUT2D eigenvalue weighted by molar-refractivity contribution is 4.82. The predicted octanol–water partition coefficient (Wildman–Crippen LogP) is 1.57. The van der Waals surface area contributed by atoms with Crippen molar-refractivity contribution in [2.45, 2.75) is 26.7 Å². The smallest absolute Gasteiger partial charge is 0.00248 e. The van der Waals surface area contributed by atoms with Crippen LogP contribution in [0.5, 0.6) is 0 Å². The summed E-state index contributed by atoms with van der Waals surface area (Å²) in [6, 6.07) is 0. The van der Waals surface area contributed by atoms with Crippen LogP contribution >= 0.6 is 0 Å². The lowest BCUT2D eigenvalue weighted by Gasteiger charge is -2.32. The van der Waals surface area contributed by atoms with Crippen molar-refractivity contribution < 1.29 is 0 Å². The van der Waals surface area contributed by atoms with Crippen molar-refractivity contribution in [1.29, 1.82) is 0 Å². The van der Waals surface area contributed by atoms with Crippen LogP contribution in [0.15, 0.2) is 0 Å². The van der Waals surface area contributed by atoms with Gasteiger partial charge in [0.25, 0.3) is 0 Å². The Morgan fingerprint density at radius 1 is 1.14 bits per heavy atom. The number of hydrogen-bond donors (Lipinski definition) is 1. The van der Waals surface area contributed by atoms with Gasteiger partial charge in [-0.25, -0.2) is 0 Å². The zero-order chi connectivity index (χ0) is 9.97. The zero-order valence-corrected chi connectivity index (χ0v) is 9.63. The first-order valence-electron chi connectivity index (χ1n) is 6.19. The summed E-state index contributed by atoms with van der Waals surface area (Å²) in [7, 11) is 0. The van der Waals surface area contributed by atoms with Crippen LogP contribution in [0.2, 0.25) is 0 Å². The summed E-state index contributed by atoms with van der Waals surface area (Å²) in [4.78, 5) is 2.67. The molecule has 2 nitrogen and oxygen atoms in total. The second kappa shape index (κ2) is 4.63. The van der Waals surface area contributed by atoms with Crippen molar-refractivity contribution in [3.8, 4) is 0 Å². The first-order valence-corrected chi connectivity index (χ1v) is 6.19.